The van der Waals surface area contributed by atoms with Crippen LogP contribution in [-0.2, 0) is 6.61 Å². The van der Waals surface area contributed by atoms with Crippen molar-refractivity contribution in [2.75, 3.05) is 7.11 Å². The Bertz CT molecular complexity index is 1040. The number of methoxy groups -OCH3 is 1. The minimum atomic E-state index is -0.161. The highest BCUT2D eigenvalue weighted by Crippen LogP contribution is 2.29. The van der Waals surface area contributed by atoms with Crippen molar-refractivity contribution in [3.8, 4) is 17.2 Å². The van der Waals surface area contributed by atoms with Gasteiger partial charge in [-0.2, -0.15) is 0 Å². The summed E-state index contributed by atoms with van der Waals surface area (Å²) in [6.07, 6.45) is 3.20. The summed E-state index contributed by atoms with van der Waals surface area (Å²) in [6, 6.07) is 16.7. The lowest BCUT2D eigenvalue weighted by Gasteiger charge is -2.12. The van der Waals surface area contributed by atoms with Gasteiger partial charge in [-0.25, -0.2) is 0 Å². The average Bonchev–Trinajstić information content (AvgIpc) is 2.72. The number of hydrogen-bond acceptors (Lipinski definition) is 4. The molecule has 0 aliphatic carbocycles. The molecule has 0 bridgehead atoms. The first-order chi connectivity index (χ1) is 14.0. The summed E-state index contributed by atoms with van der Waals surface area (Å²) in [5.74, 6) is 1.14. The van der Waals surface area contributed by atoms with Crippen molar-refractivity contribution in [1.29, 1.82) is 0 Å². The topological polar surface area (TPSA) is 55.8 Å². The van der Waals surface area contributed by atoms with Crippen LogP contribution < -0.4 is 9.47 Å². The maximum Gasteiger partial charge on any atom is 0.185 e. The van der Waals surface area contributed by atoms with E-state index in [4.69, 9.17) is 32.7 Å². The molecule has 6 heteroatoms. The van der Waals surface area contributed by atoms with Crippen LogP contribution in [0.25, 0.3) is 6.08 Å². The summed E-state index contributed by atoms with van der Waals surface area (Å²) >= 11 is 12.1. The van der Waals surface area contributed by atoms with Gasteiger partial charge in [-0.1, -0.05) is 35.3 Å². The average molecular weight is 429 g/mol. The largest absolute Gasteiger partial charge is 0.508 e. The van der Waals surface area contributed by atoms with Crippen LogP contribution in [-0.4, -0.2) is 18.0 Å². The number of phenols is 1. The second-order valence-electron chi connectivity index (χ2n) is 6.18. The van der Waals surface area contributed by atoms with Crippen molar-refractivity contribution in [3.05, 3.63) is 93.5 Å². The number of carbonyl (C=O) groups is 1. The van der Waals surface area contributed by atoms with Crippen LogP contribution in [0.1, 0.15) is 21.5 Å². The third-order valence-electron chi connectivity index (χ3n) is 4.16. The van der Waals surface area contributed by atoms with Crippen LogP contribution in [0.2, 0.25) is 10.0 Å². The van der Waals surface area contributed by atoms with Crippen LogP contribution in [0, 0.1) is 0 Å². The SMILES string of the molecule is COc1ccc(/C=C/C(=O)c2ccc(O)cc2)cc1COc1ccc(Cl)cc1Cl. The van der Waals surface area contributed by atoms with Gasteiger partial charge in [-0.3, -0.25) is 4.79 Å². The van der Waals surface area contributed by atoms with Crippen molar-refractivity contribution in [2.24, 2.45) is 0 Å². The van der Waals surface area contributed by atoms with E-state index in [0.717, 1.165) is 11.1 Å². The molecular formula is C23H18Cl2O4. The third-order valence-corrected chi connectivity index (χ3v) is 4.69. The molecule has 0 saturated carbocycles. The van der Waals surface area contributed by atoms with E-state index in [1.54, 1.807) is 43.5 Å². The molecule has 0 radical (unpaired) electrons. The zero-order valence-corrected chi connectivity index (χ0v) is 17.1. The molecule has 0 aliphatic rings. The Morgan fingerprint density at radius 2 is 1.72 bits per heavy atom. The molecule has 0 atom stereocenters. The fourth-order valence-electron chi connectivity index (χ4n) is 2.66. The van der Waals surface area contributed by atoms with E-state index in [2.05, 4.69) is 0 Å². The van der Waals surface area contributed by atoms with Crippen molar-refractivity contribution < 1.29 is 19.4 Å². The molecule has 3 aromatic rings. The Hall–Kier alpha value is -2.95. The van der Waals surface area contributed by atoms with Gasteiger partial charge in [0.05, 0.1) is 12.1 Å². The second kappa shape index (κ2) is 9.50. The number of hydrogen-bond donors (Lipinski definition) is 1. The molecule has 0 heterocycles. The van der Waals surface area contributed by atoms with E-state index < -0.39 is 0 Å². The number of carbonyl (C=O) groups excluding carboxylic acids is 1. The minimum Gasteiger partial charge on any atom is -0.508 e. The maximum atomic E-state index is 12.3. The minimum absolute atomic E-state index is 0.117. The highest BCUT2D eigenvalue weighted by atomic mass is 35.5. The van der Waals surface area contributed by atoms with Crippen LogP contribution in [0.15, 0.2) is 66.7 Å². The Labute approximate surface area is 178 Å². The van der Waals surface area contributed by atoms with Gasteiger partial charge in [-0.15, -0.1) is 0 Å². The van der Waals surface area contributed by atoms with E-state index in [1.165, 1.54) is 18.2 Å². The summed E-state index contributed by atoms with van der Waals surface area (Å²) in [4.78, 5) is 12.3. The van der Waals surface area contributed by atoms with Crippen molar-refractivity contribution in [3.63, 3.8) is 0 Å². The van der Waals surface area contributed by atoms with Crippen LogP contribution >= 0.6 is 23.2 Å². The molecule has 0 fully saturated rings. The molecule has 3 rings (SSSR count). The second-order valence-corrected chi connectivity index (χ2v) is 7.02. The molecule has 0 saturated heterocycles. The fourth-order valence-corrected chi connectivity index (χ4v) is 3.12. The van der Waals surface area contributed by atoms with E-state index in [-0.39, 0.29) is 18.1 Å². The molecule has 148 valence electrons. The quantitative estimate of drug-likeness (QED) is 0.360. The van der Waals surface area contributed by atoms with E-state index in [1.807, 2.05) is 18.2 Å². The lowest BCUT2D eigenvalue weighted by Crippen LogP contribution is -2.00. The molecule has 0 aromatic heterocycles. The van der Waals surface area contributed by atoms with Crippen LogP contribution in [0.5, 0.6) is 17.2 Å². The molecule has 0 unspecified atom stereocenters. The van der Waals surface area contributed by atoms with Crippen molar-refractivity contribution >= 4 is 35.1 Å². The number of aromatic hydroxyl groups is 1. The van der Waals surface area contributed by atoms with Gasteiger partial charge in [0.1, 0.15) is 23.9 Å². The summed E-state index contributed by atoms with van der Waals surface area (Å²) in [7, 11) is 1.58. The Morgan fingerprint density at radius 1 is 1.00 bits per heavy atom. The maximum absolute atomic E-state index is 12.3. The monoisotopic (exact) mass is 428 g/mol. The number of ketones is 1. The van der Waals surface area contributed by atoms with Crippen LogP contribution in [0.4, 0.5) is 0 Å². The molecular weight excluding hydrogens is 411 g/mol. The van der Waals surface area contributed by atoms with Crippen LogP contribution in [0.3, 0.4) is 0 Å². The van der Waals surface area contributed by atoms with Gasteiger partial charge in [0, 0.05) is 16.1 Å². The predicted molar refractivity (Wildman–Crippen MR) is 115 cm³/mol. The molecule has 0 amide bonds. The molecule has 1 N–H and O–H groups in total. The van der Waals surface area contributed by atoms with E-state index in [9.17, 15) is 9.90 Å². The molecule has 0 aliphatic heterocycles. The first kappa shape index (κ1) is 20.8. The smallest absolute Gasteiger partial charge is 0.185 e. The predicted octanol–water partition coefficient (Wildman–Crippen LogP) is 6.18. The Kier molecular flexibility index (Phi) is 6.81. The summed E-state index contributed by atoms with van der Waals surface area (Å²) in [5, 5.41) is 10.3. The summed E-state index contributed by atoms with van der Waals surface area (Å²) < 4.78 is 11.2. The lowest BCUT2D eigenvalue weighted by atomic mass is 10.1. The number of benzene rings is 3. The lowest BCUT2D eigenvalue weighted by molar-refractivity contribution is 0.104. The van der Waals surface area contributed by atoms with Gasteiger partial charge < -0.3 is 14.6 Å². The summed E-state index contributed by atoms with van der Waals surface area (Å²) in [5.41, 5.74) is 2.12. The van der Waals surface area contributed by atoms with Gasteiger partial charge in [0.15, 0.2) is 5.78 Å². The molecule has 0 spiro atoms. The van der Waals surface area contributed by atoms with Crippen molar-refractivity contribution in [1.82, 2.24) is 0 Å². The first-order valence-corrected chi connectivity index (χ1v) is 9.48. The van der Waals surface area contributed by atoms with E-state index >= 15 is 0 Å². The van der Waals surface area contributed by atoms with Gasteiger partial charge in [-0.05, 0) is 66.2 Å². The number of phenolic OH excluding ortho intramolecular Hbond substituents is 1. The third kappa shape index (κ3) is 5.53. The van der Waals surface area contributed by atoms with Gasteiger partial charge in [0.25, 0.3) is 0 Å². The molecule has 4 nitrogen and oxygen atoms in total. The number of halogens is 2. The highest BCUT2D eigenvalue weighted by Gasteiger charge is 2.08. The normalized spacial score (nSPS) is 10.9. The molecule has 29 heavy (non-hydrogen) atoms. The number of allylic oxidation sites excluding steroid dienone is 1. The number of rotatable bonds is 7. The van der Waals surface area contributed by atoms with E-state index in [0.29, 0.717) is 27.1 Å². The first-order valence-electron chi connectivity index (χ1n) is 8.72. The van der Waals surface area contributed by atoms with Gasteiger partial charge >= 0.3 is 0 Å². The van der Waals surface area contributed by atoms with Crippen molar-refractivity contribution in [2.45, 2.75) is 6.61 Å². The zero-order valence-electron chi connectivity index (χ0n) is 15.6. The fraction of sp³-hybridized carbons (Fsp3) is 0.0870. The summed E-state index contributed by atoms with van der Waals surface area (Å²) in [6.45, 7) is 0.234. The Balaban J connectivity index is 1.75. The highest BCUT2D eigenvalue weighted by molar-refractivity contribution is 6.35. The van der Waals surface area contributed by atoms with Gasteiger partial charge in [0.2, 0.25) is 0 Å². The Morgan fingerprint density at radius 3 is 2.41 bits per heavy atom. The number of ether oxygens (including phenoxy) is 2. The standard InChI is InChI=1S/C23H18Cl2O4/c1-28-22-10-3-15(2-9-21(27)16-4-7-19(26)8-5-16)12-17(22)14-29-23-11-6-18(24)13-20(23)25/h2-13,26H,14H2,1H3/b9-2+. The molecule has 3 aromatic carbocycles. The zero-order chi connectivity index (χ0) is 20.8.